The van der Waals surface area contributed by atoms with Crippen LogP contribution in [0.4, 0.5) is 24.5 Å². The van der Waals surface area contributed by atoms with Crippen molar-refractivity contribution in [2.75, 3.05) is 23.5 Å². The molecule has 1 heterocycles. The van der Waals surface area contributed by atoms with Gasteiger partial charge in [0.1, 0.15) is 0 Å². The molecule has 0 amide bonds. The number of anilines is 2. The van der Waals surface area contributed by atoms with Gasteiger partial charge in [-0.05, 0) is 37.3 Å². The molecule has 0 spiro atoms. The van der Waals surface area contributed by atoms with E-state index in [0.717, 1.165) is 36.4 Å². The van der Waals surface area contributed by atoms with Crippen molar-refractivity contribution >= 4 is 43.1 Å². The highest BCUT2D eigenvalue weighted by Crippen LogP contribution is 2.47. The fourth-order valence-corrected chi connectivity index (χ4v) is 7.49. The first-order chi connectivity index (χ1) is 16.3. The summed E-state index contributed by atoms with van der Waals surface area (Å²) >= 11 is 0.965. The Hall–Kier alpha value is -1.92. The van der Waals surface area contributed by atoms with Gasteiger partial charge >= 0.3 is 15.6 Å². The van der Waals surface area contributed by atoms with Crippen molar-refractivity contribution in [1.29, 1.82) is 0 Å². The van der Waals surface area contributed by atoms with Crippen LogP contribution >= 0.6 is 11.8 Å². The molecule has 0 aromatic heterocycles. The highest BCUT2D eigenvalue weighted by molar-refractivity contribution is 7.98. The number of benzene rings is 2. The molecule has 0 saturated heterocycles. The zero-order valence-corrected chi connectivity index (χ0v) is 22.1. The molecule has 1 aliphatic heterocycles. The van der Waals surface area contributed by atoms with Crippen molar-refractivity contribution < 1.29 is 34.2 Å². The monoisotopic (exact) mass is 551 g/mol. The topological polar surface area (TPSA) is 80.8 Å². The molecule has 2 aromatic rings. The van der Waals surface area contributed by atoms with Crippen molar-refractivity contribution in [1.82, 2.24) is 0 Å². The summed E-state index contributed by atoms with van der Waals surface area (Å²) in [6, 6.07) is 11.4. The number of halogens is 3. The normalized spacial score (nSPS) is 20.2. The number of para-hydroxylation sites is 1. The first kappa shape index (κ1) is 27.7. The van der Waals surface area contributed by atoms with E-state index in [0.29, 0.717) is 19.4 Å². The molecule has 35 heavy (non-hydrogen) atoms. The van der Waals surface area contributed by atoms with E-state index < -0.39 is 36.6 Å². The third kappa shape index (κ3) is 5.75. The molecule has 0 fully saturated rings. The molecular formula is C23H28F3NO5S3. The van der Waals surface area contributed by atoms with Gasteiger partial charge in [0, 0.05) is 23.7 Å². The summed E-state index contributed by atoms with van der Waals surface area (Å²) in [6.45, 7) is 4.34. The smallest absolute Gasteiger partial charge is 0.375 e. The van der Waals surface area contributed by atoms with E-state index in [1.807, 2.05) is 49.1 Å². The third-order valence-corrected chi connectivity index (χ3v) is 9.94. The molecule has 0 N–H and O–H groups in total. The van der Waals surface area contributed by atoms with Gasteiger partial charge in [-0.3, -0.25) is 0 Å². The molecule has 12 heteroatoms. The number of unbranched alkanes of at least 4 members (excludes halogenated alkanes) is 1. The number of alkyl halides is 3. The molecular weight excluding hydrogens is 523 g/mol. The fraction of sp³-hybridized carbons (Fsp3) is 0.478. The SMILES string of the molecule is CCCCC1(CC)CN(c2ccccc2)c2cc(SC)c(OS(=O)(=O)C(F)(F)F)cc2S(=O)(=O)C1. The minimum absolute atomic E-state index is 0.0743. The van der Waals surface area contributed by atoms with Crippen LogP contribution in [0.15, 0.2) is 52.3 Å². The Morgan fingerprint density at radius 3 is 2.34 bits per heavy atom. The van der Waals surface area contributed by atoms with Crippen molar-refractivity contribution in [2.45, 2.75) is 54.8 Å². The number of hydrogen-bond donors (Lipinski definition) is 0. The van der Waals surface area contributed by atoms with Crippen LogP contribution in [0.2, 0.25) is 0 Å². The Labute approximate surface area is 208 Å². The molecule has 2 aromatic carbocycles. The number of thioether (sulfide) groups is 1. The van der Waals surface area contributed by atoms with Crippen LogP contribution in [0, 0.1) is 5.41 Å². The summed E-state index contributed by atoms with van der Waals surface area (Å²) in [6.07, 6.45) is 4.47. The maximum atomic E-state index is 13.7. The van der Waals surface area contributed by atoms with Crippen LogP contribution < -0.4 is 9.08 Å². The van der Waals surface area contributed by atoms with E-state index in [1.165, 1.54) is 6.07 Å². The lowest BCUT2D eigenvalue weighted by molar-refractivity contribution is -0.0500. The van der Waals surface area contributed by atoms with E-state index in [9.17, 15) is 30.0 Å². The first-order valence-corrected chi connectivity index (χ1v) is 15.4. The highest BCUT2D eigenvalue weighted by atomic mass is 32.2. The molecule has 3 rings (SSSR count). The maximum absolute atomic E-state index is 13.7. The van der Waals surface area contributed by atoms with Gasteiger partial charge in [0.05, 0.1) is 21.2 Å². The predicted molar refractivity (Wildman–Crippen MR) is 132 cm³/mol. The lowest BCUT2D eigenvalue weighted by atomic mass is 9.81. The Morgan fingerprint density at radius 1 is 1.14 bits per heavy atom. The van der Waals surface area contributed by atoms with Crippen LogP contribution in [0.3, 0.4) is 0 Å². The second-order valence-electron chi connectivity index (χ2n) is 8.59. The van der Waals surface area contributed by atoms with E-state index in [2.05, 4.69) is 4.18 Å². The maximum Gasteiger partial charge on any atom is 0.534 e. The summed E-state index contributed by atoms with van der Waals surface area (Å²) in [4.78, 5) is 1.68. The molecule has 194 valence electrons. The molecule has 6 nitrogen and oxygen atoms in total. The number of rotatable bonds is 8. The van der Waals surface area contributed by atoms with Gasteiger partial charge in [0.15, 0.2) is 15.6 Å². The van der Waals surface area contributed by atoms with Crippen molar-refractivity contribution in [3.63, 3.8) is 0 Å². The summed E-state index contributed by atoms with van der Waals surface area (Å²) in [5.41, 5.74) is -5.25. The van der Waals surface area contributed by atoms with Gasteiger partial charge < -0.3 is 9.08 Å². The lowest BCUT2D eigenvalue weighted by Gasteiger charge is -2.36. The molecule has 0 saturated carbocycles. The highest BCUT2D eigenvalue weighted by Gasteiger charge is 2.49. The Kier molecular flexibility index (Phi) is 8.07. The Balaban J connectivity index is 2.28. The van der Waals surface area contributed by atoms with E-state index in [-0.39, 0.29) is 21.2 Å². The van der Waals surface area contributed by atoms with E-state index in [4.69, 9.17) is 0 Å². The van der Waals surface area contributed by atoms with Gasteiger partial charge in [0.2, 0.25) is 0 Å². The van der Waals surface area contributed by atoms with Gasteiger partial charge in [-0.1, -0.05) is 44.9 Å². The van der Waals surface area contributed by atoms with Crippen LogP contribution in [0.25, 0.3) is 0 Å². The van der Waals surface area contributed by atoms with E-state index in [1.54, 1.807) is 6.26 Å². The molecule has 1 atom stereocenters. The lowest BCUT2D eigenvalue weighted by Crippen LogP contribution is -2.37. The minimum Gasteiger partial charge on any atom is -0.375 e. The number of fused-ring (bicyclic) bond motifs is 1. The van der Waals surface area contributed by atoms with Gasteiger partial charge in [-0.2, -0.15) is 21.6 Å². The summed E-state index contributed by atoms with van der Waals surface area (Å²) in [5.74, 6) is -0.876. The van der Waals surface area contributed by atoms with Gasteiger partial charge in [0.25, 0.3) is 0 Å². The second kappa shape index (κ2) is 10.2. The predicted octanol–water partition coefficient (Wildman–Crippen LogP) is 6.15. The fourth-order valence-electron chi connectivity index (χ4n) is 4.26. The Bertz CT molecular complexity index is 1270. The number of sulfone groups is 1. The van der Waals surface area contributed by atoms with Crippen LogP contribution in [-0.4, -0.2) is 40.9 Å². The summed E-state index contributed by atoms with van der Waals surface area (Å²) < 4.78 is 94.2. The zero-order valence-electron chi connectivity index (χ0n) is 19.6. The van der Waals surface area contributed by atoms with Crippen molar-refractivity contribution in [3.8, 4) is 5.75 Å². The molecule has 0 radical (unpaired) electrons. The van der Waals surface area contributed by atoms with Crippen molar-refractivity contribution in [2.24, 2.45) is 5.41 Å². The minimum atomic E-state index is -5.98. The summed E-state index contributed by atoms with van der Waals surface area (Å²) in [7, 11) is -10.00. The molecule has 1 unspecified atom stereocenters. The molecule has 0 bridgehead atoms. The van der Waals surface area contributed by atoms with Crippen LogP contribution in [-0.2, 0) is 20.0 Å². The quantitative estimate of drug-likeness (QED) is 0.221. The summed E-state index contributed by atoms with van der Waals surface area (Å²) in [5, 5.41) is 0. The number of nitrogens with zero attached hydrogens (tertiary/aromatic N) is 1. The largest absolute Gasteiger partial charge is 0.534 e. The van der Waals surface area contributed by atoms with Gasteiger partial charge in [-0.25, -0.2) is 8.42 Å². The first-order valence-electron chi connectivity index (χ1n) is 11.1. The standard InChI is InChI=1S/C23H28F3NO5S3/c1-4-6-12-22(5-2)15-27(17-10-8-7-9-11-17)18-13-20(33-3)19(14-21(18)34(28,29)16-22)32-35(30,31)23(24,25)26/h7-11,13-14H,4-6,12,15-16H2,1-3H3. The van der Waals surface area contributed by atoms with E-state index >= 15 is 0 Å². The Morgan fingerprint density at radius 2 is 1.80 bits per heavy atom. The molecule has 0 aliphatic carbocycles. The average Bonchev–Trinajstić information content (AvgIpc) is 2.89. The van der Waals surface area contributed by atoms with Crippen LogP contribution in [0.5, 0.6) is 5.75 Å². The average molecular weight is 552 g/mol. The zero-order chi connectivity index (χ0) is 26.1. The number of hydrogen-bond acceptors (Lipinski definition) is 7. The third-order valence-electron chi connectivity index (χ3n) is 6.22. The molecule has 1 aliphatic rings. The van der Waals surface area contributed by atoms with Crippen molar-refractivity contribution in [3.05, 3.63) is 42.5 Å². The van der Waals surface area contributed by atoms with Gasteiger partial charge in [-0.15, -0.1) is 11.8 Å². The second-order valence-corrected chi connectivity index (χ2v) is 12.9. The van der Waals surface area contributed by atoms with Crippen LogP contribution in [0.1, 0.15) is 39.5 Å².